The summed E-state index contributed by atoms with van der Waals surface area (Å²) >= 11 is 6.70. The number of fused-ring (bicyclic) bond motifs is 2. The Morgan fingerprint density at radius 2 is 1.65 bits per heavy atom. The summed E-state index contributed by atoms with van der Waals surface area (Å²) in [7, 11) is 0. The number of ether oxygens (including phenoxy) is 1. The van der Waals surface area contributed by atoms with Crippen molar-refractivity contribution in [2.75, 3.05) is 23.8 Å². The van der Waals surface area contributed by atoms with E-state index in [0.717, 1.165) is 39.3 Å². The molecule has 1 unspecified atom stereocenters. The van der Waals surface area contributed by atoms with E-state index < -0.39 is 24.3 Å². The number of nitrogens with zero attached hydrogens (tertiary/aromatic N) is 7. The number of aryl methyl sites for hydroxylation is 1. The molecule has 0 aliphatic carbocycles. The molecule has 1 atom stereocenters. The van der Waals surface area contributed by atoms with Crippen LogP contribution < -0.4 is 15.4 Å². The summed E-state index contributed by atoms with van der Waals surface area (Å²) in [5.41, 5.74) is 10.5. The molecule has 0 fully saturated rings. The van der Waals surface area contributed by atoms with Gasteiger partial charge in [-0.15, -0.1) is 0 Å². The number of carboxylic acids is 2. The van der Waals surface area contributed by atoms with Crippen LogP contribution >= 0.6 is 11.6 Å². The smallest absolute Gasteiger partial charge is 0.490 e. The molecule has 4 N–H and O–H groups in total. The number of aliphatic carboxylic acids is 2. The van der Waals surface area contributed by atoms with Gasteiger partial charge in [-0.05, 0) is 32.4 Å². The maximum Gasteiger partial charge on any atom is 0.490 e. The number of rotatable bonds is 3. The molecule has 0 saturated heterocycles. The summed E-state index contributed by atoms with van der Waals surface area (Å²) in [6.45, 7) is 7.79. The zero-order valence-electron chi connectivity index (χ0n) is 24.1. The van der Waals surface area contributed by atoms with Gasteiger partial charge in [-0.1, -0.05) is 11.6 Å². The highest BCUT2D eigenvalue weighted by Crippen LogP contribution is 2.40. The monoisotopic (exact) mass is 678 g/mol. The van der Waals surface area contributed by atoms with Gasteiger partial charge < -0.3 is 25.6 Å². The molecule has 0 bridgehead atoms. The average molecular weight is 679 g/mol. The minimum absolute atomic E-state index is 0.185. The Morgan fingerprint density at radius 1 is 1.04 bits per heavy atom. The van der Waals surface area contributed by atoms with Gasteiger partial charge in [-0.25, -0.2) is 29.2 Å². The second kappa shape index (κ2) is 14.0. The number of alkyl halides is 6. The first-order chi connectivity index (χ1) is 21.3. The van der Waals surface area contributed by atoms with Crippen LogP contribution in [0.1, 0.15) is 35.3 Å². The van der Waals surface area contributed by atoms with E-state index in [9.17, 15) is 26.3 Å². The number of carboxylic acid groups (broad SMARTS) is 2. The maximum absolute atomic E-state index is 10.6. The molecule has 13 nitrogen and oxygen atoms in total. The van der Waals surface area contributed by atoms with Gasteiger partial charge in [0.1, 0.15) is 30.3 Å². The van der Waals surface area contributed by atoms with Gasteiger partial charge >= 0.3 is 24.3 Å². The summed E-state index contributed by atoms with van der Waals surface area (Å²) in [4.78, 5) is 37.2. The second-order valence-corrected chi connectivity index (χ2v) is 9.89. The lowest BCUT2D eigenvalue weighted by Gasteiger charge is -2.23. The lowest BCUT2D eigenvalue weighted by molar-refractivity contribution is -0.193. The molecule has 0 saturated carbocycles. The van der Waals surface area contributed by atoms with Crippen LogP contribution in [0.5, 0.6) is 5.75 Å². The van der Waals surface area contributed by atoms with Crippen LogP contribution in [0.15, 0.2) is 31.0 Å². The third kappa shape index (κ3) is 8.20. The van der Waals surface area contributed by atoms with E-state index >= 15 is 0 Å². The van der Waals surface area contributed by atoms with E-state index in [1.165, 1.54) is 6.33 Å². The Balaban J connectivity index is 0.000000345. The number of halogens is 7. The van der Waals surface area contributed by atoms with E-state index in [1.807, 2.05) is 24.6 Å². The first kappa shape index (κ1) is 35.5. The van der Waals surface area contributed by atoms with Crippen LogP contribution in [0.3, 0.4) is 0 Å². The minimum Gasteiger partial charge on any atom is -0.491 e. The zero-order chi connectivity index (χ0) is 34.6. The molecule has 4 heterocycles. The Kier molecular flexibility index (Phi) is 10.8. The lowest BCUT2D eigenvalue weighted by Crippen LogP contribution is -2.26. The fourth-order valence-corrected chi connectivity index (χ4v) is 4.45. The van der Waals surface area contributed by atoms with Crippen molar-refractivity contribution in [3.8, 4) is 5.75 Å². The standard InChI is InChI=1S/C22H23ClN8O.2C2HF3O2/c1-12-16-10-30(18-9-25-4-5-26-18)6-7-32-20(16)15(8-17(12)23)14(3)31-22-19(13(2)29-31)21(24)27-11-28-22;2*3-2(4,5)1(6)7/h4-5,8-9,11,14H,6-7,10H2,1-3H3,(H2,24,27,28);2*(H,6,7). The van der Waals surface area contributed by atoms with Crippen LogP contribution in [0, 0.1) is 13.8 Å². The summed E-state index contributed by atoms with van der Waals surface area (Å²) in [5.74, 6) is -3.46. The first-order valence-corrected chi connectivity index (χ1v) is 13.2. The fraction of sp³-hybridized carbons (Fsp3) is 0.346. The molecular weight excluding hydrogens is 654 g/mol. The number of hydrogen-bond donors (Lipinski definition) is 3. The second-order valence-electron chi connectivity index (χ2n) is 9.48. The topological polar surface area (TPSA) is 182 Å². The van der Waals surface area contributed by atoms with Gasteiger partial charge in [0.2, 0.25) is 0 Å². The van der Waals surface area contributed by atoms with Crippen LogP contribution in [-0.2, 0) is 16.1 Å². The van der Waals surface area contributed by atoms with E-state index in [2.05, 4.69) is 31.8 Å². The Hall–Kier alpha value is -4.94. The summed E-state index contributed by atoms with van der Waals surface area (Å²) in [6, 6.07) is 1.78. The lowest BCUT2D eigenvalue weighted by atomic mass is 9.98. The van der Waals surface area contributed by atoms with E-state index in [-0.39, 0.29) is 6.04 Å². The number of carbonyl (C=O) groups is 2. The molecule has 1 aliphatic heterocycles. The number of benzene rings is 1. The van der Waals surface area contributed by atoms with E-state index in [0.29, 0.717) is 36.2 Å². The van der Waals surface area contributed by atoms with E-state index in [4.69, 9.17) is 47.0 Å². The van der Waals surface area contributed by atoms with Crippen LogP contribution in [0.4, 0.5) is 38.0 Å². The van der Waals surface area contributed by atoms with Gasteiger partial charge in [-0.2, -0.15) is 31.4 Å². The van der Waals surface area contributed by atoms with Gasteiger partial charge in [0.05, 0.1) is 29.9 Å². The molecule has 0 spiro atoms. The molecule has 1 aliphatic rings. The first-order valence-electron chi connectivity index (χ1n) is 12.9. The van der Waals surface area contributed by atoms with Crippen molar-refractivity contribution in [1.29, 1.82) is 0 Å². The highest BCUT2D eigenvalue weighted by atomic mass is 35.5. The average Bonchev–Trinajstić information content (AvgIpc) is 3.16. The van der Waals surface area contributed by atoms with Crippen molar-refractivity contribution in [1.82, 2.24) is 29.7 Å². The molecule has 1 aromatic carbocycles. The summed E-state index contributed by atoms with van der Waals surface area (Å²) in [5, 5.41) is 20.4. The number of aromatic nitrogens is 6. The molecular formula is C26H25ClF6N8O5. The SMILES string of the molecule is Cc1c(Cl)cc(C(C)n2nc(C)c3c(N)ncnc32)c2c1CN(c1cnccn1)CCO2.O=C(O)C(F)(F)F.O=C(O)C(F)(F)F. The van der Waals surface area contributed by atoms with Crippen molar-refractivity contribution in [2.45, 2.75) is 45.7 Å². The fourth-order valence-electron chi connectivity index (χ4n) is 4.22. The molecule has 0 radical (unpaired) electrons. The highest BCUT2D eigenvalue weighted by Gasteiger charge is 2.39. The van der Waals surface area contributed by atoms with Crippen LogP contribution in [-0.4, -0.2) is 77.4 Å². The molecule has 20 heteroatoms. The molecule has 0 amide bonds. The highest BCUT2D eigenvalue weighted by molar-refractivity contribution is 6.31. The van der Waals surface area contributed by atoms with Crippen molar-refractivity contribution in [2.24, 2.45) is 0 Å². The van der Waals surface area contributed by atoms with Crippen LogP contribution in [0.25, 0.3) is 11.0 Å². The van der Waals surface area contributed by atoms with Gasteiger partial charge in [-0.3, -0.25) is 4.98 Å². The quantitative estimate of drug-likeness (QED) is 0.253. The minimum atomic E-state index is -5.08. The van der Waals surface area contributed by atoms with Crippen molar-refractivity contribution >= 4 is 46.2 Å². The largest absolute Gasteiger partial charge is 0.491 e. The molecule has 4 aromatic rings. The van der Waals surface area contributed by atoms with Crippen molar-refractivity contribution in [3.05, 3.63) is 58.4 Å². The summed E-state index contributed by atoms with van der Waals surface area (Å²) in [6.07, 6.45) is -3.59. The zero-order valence-corrected chi connectivity index (χ0v) is 24.8. The van der Waals surface area contributed by atoms with Gasteiger partial charge in [0, 0.05) is 35.1 Å². The number of hydrogen-bond acceptors (Lipinski definition) is 10. The number of anilines is 2. The number of nitrogens with two attached hydrogens (primary N) is 1. The van der Waals surface area contributed by atoms with Crippen molar-refractivity contribution < 1.29 is 50.9 Å². The Morgan fingerprint density at radius 3 is 2.20 bits per heavy atom. The number of nitrogen functional groups attached to an aromatic ring is 1. The van der Waals surface area contributed by atoms with E-state index in [1.54, 1.807) is 18.6 Å². The van der Waals surface area contributed by atoms with Gasteiger partial charge in [0.25, 0.3) is 0 Å². The molecule has 3 aromatic heterocycles. The summed E-state index contributed by atoms with van der Waals surface area (Å²) < 4.78 is 71.6. The third-order valence-electron chi connectivity index (χ3n) is 6.45. The normalized spacial score (nSPS) is 13.7. The maximum atomic E-state index is 10.6. The molecule has 46 heavy (non-hydrogen) atoms. The third-order valence-corrected chi connectivity index (χ3v) is 6.85. The predicted octanol–water partition coefficient (Wildman–Crippen LogP) is 4.74. The van der Waals surface area contributed by atoms with Crippen LogP contribution in [0.2, 0.25) is 5.02 Å². The predicted molar refractivity (Wildman–Crippen MR) is 150 cm³/mol. The molecule has 5 rings (SSSR count). The molecule has 248 valence electrons. The Labute approximate surface area is 260 Å². The Bertz CT molecular complexity index is 1700. The van der Waals surface area contributed by atoms with Gasteiger partial charge in [0.15, 0.2) is 5.65 Å². The van der Waals surface area contributed by atoms with Crippen molar-refractivity contribution in [3.63, 3.8) is 0 Å².